The van der Waals surface area contributed by atoms with Gasteiger partial charge in [-0.3, -0.25) is 4.79 Å². The molecule has 0 saturated heterocycles. The Morgan fingerprint density at radius 1 is 0.814 bits per heavy atom. The summed E-state index contributed by atoms with van der Waals surface area (Å²) in [6, 6.07) is 12.0. The van der Waals surface area contributed by atoms with Crippen molar-refractivity contribution in [1.29, 1.82) is 0 Å². The molecule has 9 nitrogen and oxygen atoms in total. The summed E-state index contributed by atoms with van der Waals surface area (Å²) in [5, 5.41) is 3.57. The zero-order valence-corrected chi connectivity index (χ0v) is 26.7. The number of nitrogens with zero attached hydrogens (tertiary/aromatic N) is 1. The number of hydrogen-bond donors (Lipinski definition) is 1. The van der Waals surface area contributed by atoms with E-state index in [1.165, 1.54) is 0 Å². The van der Waals surface area contributed by atoms with Crippen LogP contribution in [0.4, 0.5) is 5.69 Å². The van der Waals surface area contributed by atoms with Crippen molar-refractivity contribution in [3.8, 4) is 11.5 Å². The van der Waals surface area contributed by atoms with E-state index < -0.39 is 0 Å². The normalized spacial score (nSPS) is 18.3. The van der Waals surface area contributed by atoms with Gasteiger partial charge in [0.2, 0.25) is 5.69 Å². The van der Waals surface area contributed by atoms with Crippen LogP contribution in [-0.2, 0) is 18.9 Å². The molecule has 3 rings (SSSR count). The Balaban J connectivity index is 1.34. The Bertz CT molecular complexity index is 1180. The standard InChI is InChI=1S/C33H45ClN2O7/c1-7-14-38-15-16-39-17-18-40-19-20-41-21-22-42-25-10-8-24(9-11-25)29(37)36-30-32(2,3)31(33(30,4)5)43-26-12-13-28(35-6)27(34)23-26/h8-13,23,30-31H,7,14-22H2,1-5H3,(H,36,37). The Hall–Kier alpha value is -2.87. The van der Waals surface area contributed by atoms with Crippen LogP contribution in [0.25, 0.3) is 4.85 Å². The average molecular weight is 617 g/mol. The van der Waals surface area contributed by atoms with Crippen molar-refractivity contribution in [2.45, 2.75) is 53.2 Å². The lowest BCUT2D eigenvalue weighted by atomic mass is 9.49. The summed E-state index contributed by atoms with van der Waals surface area (Å²) in [6.45, 7) is 22.4. The molecule has 1 saturated carbocycles. The van der Waals surface area contributed by atoms with Crippen LogP contribution in [0.5, 0.6) is 11.5 Å². The lowest BCUT2D eigenvalue weighted by molar-refractivity contribution is -0.164. The molecule has 2 aromatic rings. The molecular weight excluding hydrogens is 572 g/mol. The summed E-state index contributed by atoms with van der Waals surface area (Å²) < 4.78 is 33.9. The monoisotopic (exact) mass is 616 g/mol. The molecule has 0 atom stereocenters. The smallest absolute Gasteiger partial charge is 0.251 e. The second-order valence-corrected chi connectivity index (χ2v) is 12.0. The molecule has 0 heterocycles. The highest BCUT2D eigenvalue weighted by Gasteiger charge is 2.64. The Morgan fingerprint density at radius 3 is 1.84 bits per heavy atom. The van der Waals surface area contributed by atoms with Crippen molar-refractivity contribution < 1.29 is 33.2 Å². The van der Waals surface area contributed by atoms with Gasteiger partial charge in [0.15, 0.2) is 0 Å². The molecule has 0 radical (unpaired) electrons. The van der Waals surface area contributed by atoms with Crippen LogP contribution in [-0.4, -0.2) is 77.5 Å². The lowest BCUT2D eigenvalue weighted by Gasteiger charge is -2.63. The molecule has 0 spiro atoms. The predicted octanol–water partition coefficient (Wildman–Crippen LogP) is 6.36. The van der Waals surface area contributed by atoms with Crippen molar-refractivity contribution in [3.63, 3.8) is 0 Å². The number of hydrogen-bond acceptors (Lipinski definition) is 7. The maximum atomic E-state index is 13.1. The van der Waals surface area contributed by atoms with Gasteiger partial charge in [0.25, 0.3) is 5.91 Å². The third-order valence-electron chi connectivity index (χ3n) is 7.49. The molecule has 10 heteroatoms. The molecule has 0 aromatic heterocycles. The van der Waals surface area contributed by atoms with E-state index in [1.807, 2.05) is 0 Å². The fraction of sp³-hybridized carbons (Fsp3) is 0.576. The van der Waals surface area contributed by atoms with Crippen molar-refractivity contribution in [3.05, 3.63) is 64.5 Å². The maximum absolute atomic E-state index is 13.1. The van der Waals surface area contributed by atoms with E-state index in [0.717, 1.165) is 13.0 Å². The number of nitrogens with one attached hydrogen (secondary N) is 1. The summed E-state index contributed by atoms with van der Waals surface area (Å²) >= 11 is 6.20. The third-order valence-corrected chi connectivity index (χ3v) is 7.79. The zero-order chi connectivity index (χ0) is 31.3. The van der Waals surface area contributed by atoms with Crippen molar-refractivity contribution in [1.82, 2.24) is 5.32 Å². The lowest BCUT2D eigenvalue weighted by Crippen LogP contribution is -2.74. The van der Waals surface area contributed by atoms with E-state index in [0.29, 0.717) is 80.6 Å². The van der Waals surface area contributed by atoms with Gasteiger partial charge >= 0.3 is 0 Å². The summed E-state index contributed by atoms with van der Waals surface area (Å²) in [7, 11) is 0. The highest BCUT2D eigenvalue weighted by molar-refractivity contribution is 6.33. The summed E-state index contributed by atoms with van der Waals surface area (Å²) in [5.74, 6) is 1.11. The van der Waals surface area contributed by atoms with E-state index in [4.69, 9.17) is 46.6 Å². The van der Waals surface area contributed by atoms with Crippen LogP contribution < -0.4 is 14.8 Å². The Labute approximate surface area is 260 Å². The van der Waals surface area contributed by atoms with E-state index in [9.17, 15) is 4.79 Å². The zero-order valence-electron chi connectivity index (χ0n) is 26.0. The number of ether oxygens (including phenoxy) is 6. The van der Waals surface area contributed by atoms with Crippen molar-refractivity contribution >= 4 is 23.2 Å². The first-order valence-corrected chi connectivity index (χ1v) is 15.2. The number of carbonyl (C=O) groups excluding carboxylic acids is 1. The van der Waals surface area contributed by atoms with E-state index >= 15 is 0 Å². The molecule has 1 amide bonds. The molecule has 1 aliphatic rings. The molecule has 1 aliphatic carbocycles. The van der Waals surface area contributed by atoms with E-state index in [2.05, 4.69) is 44.8 Å². The Kier molecular flexibility index (Phi) is 13.6. The minimum absolute atomic E-state index is 0.120. The molecular formula is C33H45ClN2O7. The van der Waals surface area contributed by atoms with Crippen LogP contribution in [0.15, 0.2) is 42.5 Å². The quantitative estimate of drug-likeness (QED) is 0.145. The first-order chi connectivity index (χ1) is 20.6. The van der Waals surface area contributed by atoms with Gasteiger partial charge in [-0.25, -0.2) is 4.85 Å². The van der Waals surface area contributed by atoms with Crippen LogP contribution in [0.3, 0.4) is 0 Å². The second-order valence-electron chi connectivity index (χ2n) is 11.6. The third kappa shape index (κ3) is 9.82. The highest BCUT2D eigenvalue weighted by Crippen LogP contribution is 2.55. The molecule has 1 N–H and O–H groups in total. The molecule has 0 aliphatic heterocycles. The fourth-order valence-corrected chi connectivity index (χ4v) is 5.84. The molecule has 0 unspecified atom stereocenters. The van der Waals surface area contributed by atoms with E-state index in [-0.39, 0.29) is 28.9 Å². The van der Waals surface area contributed by atoms with Gasteiger partial charge in [0.1, 0.15) is 24.2 Å². The number of amides is 1. The topological polar surface area (TPSA) is 88.8 Å². The molecule has 43 heavy (non-hydrogen) atoms. The van der Waals surface area contributed by atoms with Gasteiger partial charge in [-0.05, 0) is 42.8 Å². The largest absolute Gasteiger partial charge is 0.491 e. The molecule has 236 valence electrons. The molecule has 2 aromatic carbocycles. The van der Waals surface area contributed by atoms with Gasteiger partial charge in [0.05, 0.1) is 57.8 Å². The van der Waals surface area contributed by atoms with Gasteiger partial charge in [0, 0.05) is 29.0 Å². The van der Waals surface area contributed by atoms with Crippen LogP contribution >= 0.6 is 11.6 Å². The van der Waals surface area contributed by atoms with Crippen molar-refractivity contribution in [2.24, 2.45) is 10.8 Å². The van der Waals surface area contributed by atoms with Gasteiger partial charge in [-0.1, -0.05) is 52.3 Å². The number of rotatable bonds is 19. The van der Waals surface area contributed by atoms with Gasteiger partial charge in [-0.15, -0.1) is 0 Å². The highest BCUT2D eigenvalue weighted by atomic mass is 35.5. The number of carbonyl (C=O) groups is 1. The predicted molar refractivity (Wildman–Crippen MR) is 166 cm³/mol. The van der Waals surface area contributed by atoms with E-state index in [1.54, 1.807) is 42.5 Å². The Morgan fingerprint density at radius 2 is 1.33 bits per heavy atom. The number of benzene rings is 2. The first kappa shape index (κ1) is 34.6. The molecule has 0 bridgehead atoms. The summed E-state index contributed by atoms with van der Waals surface area (Å²) in [5.41, 5.74) is 0.264. The second kappa shape index (κ2) is 16.8. The number of halogens is 1. The van der Waals surface area contributed by atoms with Crippen LogP contribution in [0, 0.1) is 17.4 Å². The van der Waals surface area contributed by atoms with Gasteiger partial charge < -0.3 is 33.7 Å². The minimum Gasteiger partial charge on any atom is -0.491 e. The fourth-order valence-electron chi connectivity index (χ4n) is 5.63. The SMILES string of the molecule is [C-]#[N+]c1ccc(OC2C(C)(C)C(NC(=O)c3ccc(OCCOCCOCCOCCOCCC)cc3)C2(C)C)cc1Cl. The first-order valence-electron chi connectivity index (χ1n) is 14.8. The summed E-state index contributed by atoms with van der Waals surface area (Å²) in [4.78, 5) is 16.5. The van der Waals surface area contributed by atoms with Crippen molar-refractivity contribution in [2.75, 3.05) is 59.5 Å². The average Bonchev–Trinajstić information content (AvgIpc) is 2.98. The van der Waals surface area contributed by atoms with Crippen LogP contribution in [0.1, 0.15) is 51.4 Å². The maximum Gasteiger partial charge on any atom is 0.251 e. The summed E-state index contributed by atoms with van der Waals surface area (Å²) in [6.07, 6.45) is 0.844. The van der Waals surface area contributed by atoms with Crippen LogP contribution in [0.2, 0.25) is 5.02 Å². The molecule has 1 fully saturated rings. The minimum atomic E-state index is -0.338. The van der Waals surface area contributed by atoms with Gasteiger partial charge in [-0.2, -0.15) is 0 Å².